The Morgan fingerprint density at radius 1 is 1.26 bits per heavy atom. The second kappa shape index (κ2) is 8.97. The first-order valence-electron chi connectivity index (χ1n) is 10.4. The van der Waals surface area contributed by atoms with Crippen molar-refractivity contribution < 1.29 is 23.8 Å². The Morgan fingerprint density at radius 3 is 2.74 bits per heavy atom. The lowest BCUT2D eigenvalue weighted by atomic mass is 10.0. The van der Waals surface area contributed by atoms with Crippen LogP contribution < -0.4 is 10.1 Å². The van der Waals surface area contributed by atoms with Crippen LogP contribution >= 0.6 is 0 Å². The number of piperidine rings is 1. The average Bonchev–Trinajstić information content (AvgIpc) is 3.61. The Balaban J connectivity index is 1.43. The lowest BCUT2D eigenvalue weighted by molar-refractivity contribution is -0.138. The van der Waals surface area contributed by atoms with E-state index in [1.807, 2.05) is 19.1 Å². The first-order chi connectivity index (χ1) is 14.9. The van der Waals surface area contributed by atoms with Gasteiger partial charge in [0, 0.05) is 30.5 Å². The second-order valence-corrected chi connectivity index (χ2v) is 7.99. The van der Waals surface area contributed by atoms with Crippen LogP contribution in [0.5, 0.6) is 5.75 Å². The van der Waals surface area contributed by atoms with Gasteiger partial charge < -0.3 is 20.1 Å². The molecule has 2 atom stereocenters. The van der Waals surface area contributed by atoms with Gasteiger partial charge in [0.15, 0.2) is 6.17 Å². The summed E-state index contributed by atoms with van der Waals surface area (Å²) in [6.07, 6.45) is 1.61. The van der Waals surface area contributed by atoms with E-state index in [2.05, 4.69) is 15.3 Å². The van der Waals surface area contributed by atoms with Gasteiger partial charge in [0.1, 0.15) is 30.6 Å². The third-order valence-corrected chi connectivity index (χ3v) is 5.59. The molecule has 164 valence electrons. The van der Waals surface area contributed by atoms with Gasteiger partial charge in [-0.25, -0.2) is 14.4 Å². The minimum absolute atomic E-state index is 0.0166. The van der Waals surface area contributed by atoms with E-state index >= 15 is 0 Å². The summed E-state index contributed by atoms with van der Waals surface area (Å²) < 4.78 is 20.4. The van der Waals surface area contributed by atoms with E-state index in [1.165, 1.54) is 11.2 Å². The normalized spacial score (nSPS) is 20.9. The van der Waals surface area contributed by atoms with Crippen molar-refractivity contribution >= 4 is 17.6 Å². The molecule has 8 nitrogen and oxygen atoms in total. The summed E-state index contributed by atoms with van der Waals surface area (Å²) in [6.45, 7) is 1.51. The number of benzene rings is 1. The number of carbonyl (C=O) groups excluding carboxylic acids is 2. The summed E-state index contributed by atoms with van der Waals surface area (Å²) in [5.41, 5.74) is 2.31. The molecule has 0 radical (unpaired) electrons. The molecule has 2 aliphatic rings. The lowest BCUT2D eigenvalue weighted by Crippen LogP contribution is -2.50. The Labute approximate surface area is 179 Å². The first kappa shape index (κ1) is 21.2. The molecule has 0 unspecified atom stereocenters. The zero-order chi connectivity index (χ0) is 22.0. The van der Waals surface area contributed by atoms with Crippen LogP contribution in [-0.4, -0.2) is 63.8 Å². The topological polar surface area (TPSA) is 105 Å². The van der Waals surface area contributed by atoms with Crippen molar-refractivity contribution in [3.8, 4) is 17.0 Å². The number of likely N-dealkylation sites (tertiary alicyclic amines) is 1. The van der Waals surface area contributed by atoms with Gasteiger partial charge in [-0.1, -0.05) is 0 Å². The van der Waals surface area contributed by atoms with Gasteiger partial charge in [-0.2, -0.15) is 0 Å². The number of aromatic nitrogens is 2. The van der Waals surface area contributed by atoms with E-state index in [9.17, 15) is 14.0 Å². The van der Waals surface area contributed by atoms with Crippen molar-refractivity contribution in [1.29, 1.82) is 0 Å². The van der Waals surface area contributed by atoms with E-state index < -0.39 is 24.8 Å². The lowest BCUT2D eigenvalue weighted by Gasteiger charge is -2.34. The van der Waals surface area contributed by atoms with Crippen molar-refractivity contribution in [3.63, 3.8) is 0 Å². The third-order valence-electron chi connectivity index (χ3n) is 5.59. The van der Waals surface area contributed by atoms with E-state index in [0.717, 1.165) is 24.0 Å². The fraction of sp³-hybridized carbons (Fsp3) is 0.455. The number of hydrogen-bond acceptors (Lipinski definition) is 6. The molecule has 1 saturated heterocycles. The number of aliphatic hydroxyl groups excluding tert-OH is 1. The fourth-order valence-electron chi connectivity index (χ4n) is 3.60. The molecule has 4 rings (SSSR count). The number of alkyl halides is 1. The molecule has 0 bridgehead atoms. The molecule has 2 N–H and O–H groups in total. The number of nitrogens with zero attached hydrogens (tertiary/aromatic N) is 3. The summed E-state index contributed by atoms with van der Waals surface area (Å²) in [5.74, 6) is 0.625. The molecule has 0 spiro atoms. The molecule has 9 heteroatoms. The van der Waals surface area contributed by atoms with Crippen LogP contribution in [0, 0.1) is 12.8 Å². The quantitative estimate of drug-likeness (QED) is 0.730. The van der Waals surface area contributed by atoms with Gasteiger partial charge >= 0.3 is 0 Å². The zero-order valence-electron chi connectivity index (χ0n) is 17.3. The van der Waals surface area contributed by atoms with Gasteiger partial charge in [-0.3, -0.25) is 9.59 Å². The zero-order valence-corrected chi connectivity index (χ0v) is 17.3. The van der Waals surface area contributed by atoms with E-state index in [4.69, 9.17) is 9.84 Å². The van der Waals surface area contributed by atoms with Gasteiger partial charge in [0.2, 0.25) is 11.8 Å². The molecule has 1 aliphatic carbocycles. The SMILES string of the molecule is Cc1cc(-c2cc(NC(=O)C3CC3)ncn2)ccc1O[C@H]1CCN(C(=O)CO)C[C@H]1F. The van der Waals surface area contributed by atoms with Crippen molar-refractivity contribution in [2.75, 3.05) is 25.0 Å². The molecule has 1 saturated carbocycles. The second-order valence-electron chi connectivity index (χ2n) is 7.99. The predicted octanol–water partition coefficient (Wildman–Crippen LogP) is 2.11. The van der Waals surface area contributed by atoms with Gasteiger partial charge in [-0.05, 0) is 43.5 Å². The standard InChI is InChI=1S/C22H25FN4O4/c1-13-8-15(17-9-20(25-12-24-17)26-22(30)14-2-3-14)4-5-18(13)31-19-6-7-27(10-16(19)23)21(29)11-28/h4-5,8-9,12,14,16,19,28H,2-3,6-7,10-11H2,1H3,(H,24,25,26,30)/t16-,19+/m1/s1. The smallest absolute Gasteiger partial charge is 0.248 e. The summed E-state index contributed by atoms with van der Waals surface area (Å²) in [6, 6.07) is 7.21. The predicted molar refractivity (Wildman–Crippen MR) is 111 cm³/mol. The number of ether oxygens (including phenoxy) is 1. The highest BCUT2D eigenvalue weighted by Gasteiger charge is 2.33. The van der Waals surface area contributed by atoms with E-state index in [-0.39, 0.29) is 18.4 Å². The average molecular weight is 428 g/mol. The maximum absolute atomic E-state index is 14.5. The van der Waals surface area contributed by atoms with Gasteiger partial charge in [-0.15, -0.1) is 0 Å². The van der Waals surface area contributed by atoms with Crippen LogP contribution in [0.4, 0.5) is 10.2 Å². The van der Waals surface area contributed by atoms with Gasteiger partial charge in [0.05, 0.1) is 12.2 Å². The number of rotatable bonds is 6. The summed E-state index contributed by atoms with van der Waals surface area (Å²) in [4.78, 5) is 33.2. The minimum atomic E-state index is -1.33. The van der Waals surface area contributed by atoms with Crippen LogP contribution in [0.2, 0.25) is 0 Å². The summed E-state index contributed by atoms with van der Waals surface area (Å²) in [5, 5.41) is 11.8. The molecule has 31 heavy (non-hydrogen) atoms. The first-order valence-corrected chi connectivity index (χ1v) is 10.4. The third kappa shape index (κ3) is 4.99. The number of aliphatic hydroxyl groups is 1. The molecule has 2 heterocycles. The molecular formula is C22H25FN4O4. The Kier molecular flexibility index (Phi) is 6.13. The van der Waals surface area contributed by atoms with E-state index in [0.29, 0.717) is 30.2 Å². The minimum Gasteiger partial charge on any atom is -0.487 e. The summed E-state index contributed by atoms with van der Waals surface area (Å²) in [7, 11) is 0. The van der Waals surface area contributed by atoms with Crippen LogP contribution in [-0.2, 0) is 9.59 Å². The molecule has 1 aliphatic heterocycles. The summed E-state index contributed by atoms with van der Waals surface area (Å²) >= 11 is 0. The van der Waals surface area contributed by atoms with Crippen LogP contribution in [0.15, 0.2) is 30.6 Å². The molecule has 2 aromatic rings. The maximum atomic E-state index is 14.5. The number of nitrogens with one attached hydrogen (secondary N) is 1. The monoisotopic (exact) mass is 428 g/mol. The van der Waals surface area contributed by atoms with Crippen molar-refractivity contribution in [2.24, 2.45) is 5.92 Å². The highest BCUT2D eigenvalue weighted by Crippen LogP contribution is 2.31. The molecule has 1 aromatic heterocycles. The van der Waals surface area contributed by atoms with Crippen LogP contribution in [0.25, 0.3) is 11.3 Å². The Bertz CT molecular complexity index is 982. The van der Waals surface area contributed by atoms with Crippen molar-refractivity contribution in [2.45, 2.75) is 38.5 Å². The fourth-order valence-corrected chi connectivity index (χ4v) is 3.60. The highest BCUT2D eigenvalue weighted by atomic mass is 19.1. The van der Waals surface area contributed by atoms with Gasteiger partial charge in [0.25, 0.3) is 0 Å². The molecule has 1 aromatic carbocycles. The Morgan fingerprint density at radius 2 is 2.06 bits per heavy atom. The number of halogens is 1. The van der Waals surface area contributed by atoms with Crippen molar-refractivity contribution in [1.82, 2.24) is 14.9 Å². The Hall–Kier alpha value is -3.07. The molecular weight excluding hydrogens is 403 g/mol. The molecule has 2 amide bonds. The number of carbonyl (C=O) groups is 2. The van der Waals surface area contributed by atoms with Crippen molar-refractivity contribution in [3.05, 3.63) is 36.2 Å². The number of anilines is 1. The number of aryl methyl sites for hydroxylation is 1. The maximum Gasteiger partial charge on any atom is 0.248 e. The number of hydrogen-bond donors (Lipinski definition) is 2. The highest BCUT2D eigenvalue weighted by molar-refractivity contribution is 5.93. The van der Waals surface area contributed by atoms with E-state index in [1.54, 1.807) is 12.1 Å². The van der Waals surface area contributed by atoms with Crippen LogP contribution in [0.3, 0.4) is 0 Å². The molecule has 2 fully saturated rings. The van der Waals surface area contributed by atoms with Crippen LogP contribution in [0.1, 0.15) is 24.8 Å². The number of amides is 2. The largest absolute Gasteiger partial charge is 0.487 e.